The molecule has 0 saturated carbocycles. The van der Waals surface area contributed by atoms with Gasteiger partial charge >= 0.3 is 0 Å². The molecule has 1 aromatic rings. The van der Waals surface area contributed by atoms with E-state index in [-0.39, 0.29) is 11.3 Å². The minimum atomic E-state index is -0.0631. The smallest absolute Gasteiger partial charge is 0.292 e. The molecule has 1 atom stereocenters. The van der Waals surface area contributed by atoms with E-state index in [1.165, 1.54) is 0 Å². The van der Waals surface area contributed by atoms with E-state index in [4.69, 9.17) is 10.3 Å². The second kappa shape index (κ2) is 5.95. The Labute approximate surface area is 120 Å². The van der Waals surface area contributed by atoms with Gasteiger partial charge in [0.2, 0.25) is 5.76 Å². The topological polar surface area (TPSA) is 72.4 Å². The average molecular weight is 279 g/mol. The van der Waals surface area contributed by atoms with Gasteiger partial charge in [0.05, 0.1) is 5.69 Å². The van der Waals surface area contributed by atoms with Crippen molar-refractivity contribution in [2.45, 2.75) is 46.0 Å². The van der Waals surface area contributed by atoms with Gasteiger partial charge in [0, 0.05) is 25.1 Å². The summed E-state index contributed by atoms with van der Waals surface area (Å²) in [5.74, 6) is 0.660. The molecule has 20 heavy (non-hydrogen) atoms. The number of nitrogens with zero attached hydrogens (tertiary/aromatic N) is 2. The zero-order chi connectivity index (χ0) is 14.8. The van der Waals surface area contributed by atoms with E-state index in [0.717, 1.165) is 31.5 Å². The minimum absolute atomic E-state index is 0.0356. The molecule has 112 valence electrons. The Balaban J connectivity index is 2.07. The van der Waals surface area contributed by atoms with E-state index in [2.05, 4.69) is 25.9 Å². The molecule has 0 aromatic carbocycles. The van der Waals surface area contributed by atoms with Gasteiger partial charge in [-0.2, -0.15) is 0 Å². The number of carbonyl (C=O) groups excluding carboxylic acids is 1. The number of hydrogen-bond acceptors (Lipinski definition) is 4. The van der Waals surface area contributed by atoms with Crippen molar-refractivity contribution in [1.29, 1.82) is 0 Å². The minimum Gasteiger partial charge on any atom is -0.351 e. The van der Waals surface area contributed by atoms with Gasteiger partial charge in [-0.25, -0.2) is 0 Å². The second-order valence-corrected chi connectivity index (χ2v) is 6.12. The Hall–Kier alpha value is -1.36. The van der Waals surface area contributed by atoms with Crippen molar-refractivity contribution in [3.05, 3.63) is 17.5 Å². The highest BCUT2D eigenvalue weighted by Gasteiger charge is 2.36. The third-order valence-corrected chi connectivity index (χ3v) is 4.48. The van der Waals surface area contributed by atoms with Crippen molar-refractivity contribution >= 4 is 5.91 Å². The zero-order valence-corrected chi connectivity index (χ0v) is 12.7. The number of nitrogens with two attached hydrogens (primary N) is 1. The zero-order valence-electron chi connectivity index (χ0n) is 12.7. The molecular weight excluding hydrogens is 254 g/mol. The van der Waals surface area contributed by atoms with Crippen LogP contribution >= 0.6 is 0 Å². The second-order valence-electron chi connectivity index (χ2n) is 6.12. The van der Waals surface area contributed by atoms with Gasteiger partial charge in [-0.15, -0.1) is 0 Å². The lowest BCUT2D eigenvalue weighted by molar-refractivity contribution is 0.0735. The Morgan fingerprint density at radius 3 is 2.80 bits per heavy atom. The van der Waals surface area contributed by atoms with Gasteiger partial charge in [0.1, 0.15) is 0 Å². The standard InChI is InChI=1S/C15H25N3O2/c1-4-11(5-2)12-8-13(20-17-12)14(19)18-7-6-15(3,9-16)10-18/h8,11H,4-7,9-10,16H2,1-3H3. The lowest BCUT2D eigenvalue weighted by Crippen LogP contribution is -2.34. The van der Waals surface area contributed by atoms with Gasteiger partial charge < -0.3 is 15.2 Å². The maximum Gasteiger partial charge on any atom is 0.292 e. The summed E-state index contributed by atoms with van der Waals surface area (Å²) in [6.07, 6.45) is 2.96. The molecule has 5 heteroatoms. The van der Waals surface area contributed by atoms with E-state index in [1.54, 1.807) is 6.07 Å². The quantitative estimate of drug-likeness (QED) is 0.898. The molecule has 0 spiro atoms. The summed E-state index contributed by atoms with van der Waals surface area (Å²) in [7, 11) is 0. The fourth-order valence-electron chi connectivity index (χ4n) is 2.81. The lowest BCUT2D eigenvalue weighted by Gasteiger charge is -2.21. The number of rotatable bonds is 5. The first kappa shape index (κ1) is 15.0. The summed E-state index contributed by atoms with van der Waals surface area (Å²) >= 11 is 0. The van der Waals surface area contributed by atoms with Crippen LogP contribution in [0.1, 0.15) is 62.2 Å². The molecule has 2 heterocycles. The molecule has 1 unspecified atom stereocenters. The maximum absolute atomic E-state index is 12.4. The fourth-order valence-corrected chi connectivity index (χ4v) is 2.81. The van der Waals surface area contributed by atoms with E-state index < -0.39 is 0 Å². The molecule has 0 bridgehead atoms. The SMILES string of the molecule is CCC(CC)c1cc(C(=O)N2CCC(C)(CN)C2)on1. The van der Waals surface area contributed by atoms with Crippen LogP contribution in [0.2, 0.25) is 0 Å². The number of hydrogen-bond donors (Lipinski definition) is 1. The first-order valence-corrected chi connectivity index (χ1v) is 7.49. The van der Waals surface area contributed by atoms with Crippen molar-refractivity contribution in [2.75, 3.05) is 19.6 Å². The van der Waals surface area contributed by atoms with E-state index in [0.29, 0.717) is 24.8 Å². The van der Waals surface area contributed by atoms with Crippen LogP contribution in [0.5, 0.6) is 0 Å². The molecule has 2 rings (SSSR count). The fraction of sp³-hybridized carbons (Fsp3) is 0.733. The normalized spacial score (nSPS) is 22.8. The molecule has 1 fully saturated rings. The summed E-state index contributed by atoms with van der Waals surface area (Å²) in [6, 6.07) is 1.80. The largest absolute Gasteiger partial charge is 0.351 e. The number of amides is 1. The van der Waals surface area contributed by atoms with E-state index >= 15 is 0 Å². The summed E-state index contributed by atoms with van der Waals surface area (Å²) < 4.78 is 5.25. The van der Waals surface area contributed by atoms with Crippen LogP contribution < -0.4 is 5.73 Å². The maximum atomic E-state index is 12.4. The van der Waals surface area contributed by atoms with Crippen molar-refractivity contribution in [3.8, 4) is 0 Å². The third kappa shape index (κ3) is 2.87. The predicted molar refractivity (Wildman–Crippen MR) is 77.5 cm³/mol. The van der Waals surface area contributed by atoms with Gasteiger partial charge in [-0.3, -0.25) is 4.79 Å². The molecule has 2 N–H and O–H groups in total. The van der Waals surface area contributed by atoms with Crippen LogP contribution in [0.3, 0.4) is 0 Å². The van der Waals surface area contributed by atoms with Crippen molar-refractivity contribution < 1.29 is 9.32 Å². The third-order valence-electron chi connectivity index (χ3n) is 4.48. The lowest BCUT2D eigenvalue weighted by atomic mass is 9.90. The van der Waals surface area contributed by atoms with E-state index in [9.17, 15) is 4.79 Å². The molecule has 1 aliphatic heterocycles. The first-order valence-electron chi connectivity index (χ1n) is 7.49. The summed E-state index contributed by atoms with van der Waals surface area (Å²) in [5, 5.41) is 4.06. The van der Waals surface area contributed by atoms with Crippen LogP contribution in [-0.4, -0.2) is 35.6 Å². The van der Waals surface area contributed by atoms with Crippen molar-refractivity contribution in [2.24, 2.45) is 11.1 Å². The molecule has 1 aliphatic rings. The Morgan fingerprint density at radius 2 is 2.25 bits per heavy atom. The monoisotopic (exact) mass is 279 g/mol. The highest BCUT2D eigenvalue weighted by molar-refractivity contribution is 5.91. The van der Waals surface area contributed by atoms with Gasteiger partial charge in [-0.1, -0.05) is 25.9 Å². The molecule has 1 aromatic heterocycles. The van der Waals surface area contributed by atoms with Crippen LogP contribution in [0.15, 0.2) is 10.6 Å². The van der Waals surface area contributed by atoms with Gasteiger partial charge in [-0.05, 0) is 31.2 Å². The average Bonchev–Trinajstić information content (AvgIpc) is 3.08. The van der Waals surface area contributed by atoms with Gasteiger partial charge in [0.25, 0.3) is 5.91 Å². The molecule has 1 amide bonds. The summed E-state index contributed by atoms with van der Waals surface area (Å²) in [6.45, 7) is 8.41. The van der Waals surface area contributed by atoms with Crippen molar-refractivity contribution in [1.82, 2.24) is 10.1 Å². The summed E-state index contributed by atoms with van der Waals surface area (Å²) in [5.41, 5.74) is 6.70. The Kier molecular flexibility index (Phi) is 4.48. The Morgan fingerprint density at radius 1 is 1.55 bits per heavy atom. The number of aromatic nitrogens is 1. The van der Waals surface area contributed by atoms with Crippen LogP contribution in [-0.2, 0) is 0 Å². The highest BCUT2D eigenvalue weighted by Crippen LogP contribution is 2.30. The van der Waals surface area contributed by atoms with E-state index in [1.807, 2.05) is 4.90 Å². The molecule has 0 aliphatic carbocycles. The molecule has 5 nitrogen and oxygen atoms in total. The summed E-state index contributed by atoms with van der Waals surface area (Å²) in [4.78, 5) is 14.2. The number of likely N-dealkylation sites (tertiary alicyclic amines) is 1. The van der Waals surface area contributed by atoms with Gasteiger partial charge in [0.15, 0.2) is 0 Å². The number of carbonyl (C=O) groups is 1. The molecular formula is C15H25N3O2. The van der Waals surface area contributed by atoms with Crippen LogP contribution in [0.4, 0.5) is 0 Å². The Bertz CT molecular complexity index is 467. The highest BCUT2D eigenvalue weighted by atomic mass is 16.5. The molecule has 0 radical (unpaired) electrons. The predicted octanol–water partition coefficient (Wildman–Crippen LogP) is 2.39. The van der Waals surface area contributed by atoms with Crippen LogP contribution in [0.25, 0.3) is 0 Å². The van der Waals surface area contributed by atoms with Crippen LogP contribution in [0, 0.1) is 5.41 Å². The molecule has 1 saturated heterocycles. The first-order chi connectivity index (χ1) is 9.53. The van der Waals surface area contributed by atoms with Crippen molar-refractivity contribution in [3.63, 3.8) is 0 Å².